The van der Waals surface area contributed by atoms with Crippen LogP contribution in [0, 0.1) is 5.82 Å². The summed E-state index contributed by atoms with van der Waals surface area (Å²) in [5.41, 5.74) is 0.632. The molecule has 0 saturated heterocycles. The molecule has 0 radical (unpaired) electrons. The molecule has 0 N–H and O–H groups in total. The van der Waals surface area contributed by atoms with E-state index >= 15 is 0 Å². The third-order valence-corrected chi connectivity index (χ3v) is 1.85. The van der Waals surface area contributed by atoms with Gasteiger partial charge in [0.25, 0.3) is 0 Å². The average Bonchev–Trinajstić information content (AvgIpc) is 1.98. The van der Waals surface area contributed by atoms with Gasteiger partial charge >= 0.3 is 0 Å². The van der Waals surface area contributed by atoms with Gasteiger partial charge in [0.05, 0.1) is 0 Å². The number of aryl methyl sites for hydroxylation is 1. The van der Waals surface area contributed by atoms with Crippen molar-refractivity contribution in [2.45, 2.75) is 6.42 Å². The predicted octanol–water partition coefficient (Wildman–Crippen LogP) is 2.95. The minimum atomic E-state index is -0.205. The molecule has 1 aromatic carbocycles. The number of thiol groups is 1. The van der Waals surface area contributed by atoms with Crippen LogP contribution in [-0.2, 0) is 6.42 Å². The molecule has 0 bridgehead atoms. The minimum absolute atomic E-state index is 0.205. The third-order valence-electron chi connectivity index (χ3n) is 1.39. The van der Waals surface area contributed by atoms with E-state index in [4.69, 9.17) is 11.6 Å². The van der Waals surface area contributed by atoms with E-state index in [0.29, 0.717) is 22.8 Å². The summed E-state index contributed by atoms with van der Waals surface area (Å²) in [7, 11) is 0. The van der Waals surface area contributed by atoms with Crippen molar-refractivity contribution < 1.29 is 4.39 Å². The fraction of sp³-hybridized carbons (Fsp3) is 0.250. The van der Waals surface area contributed by atoms with Crippen LogP contribution in [0.15, 0.2) is 18.2 Å². The van der Waals surface area contributed by atoms with E-state index in [1.807, 2.05) is 0 Å². The molecule has 0 aliphatic heterocycles. The molecule has 0 spiro atoms. The SMILES string of the molecule is Fc1ccc(Cl)cc1CCS. The van der Waals surface area contributed by atoms with Gasteiger partial charge in [-0.05, 0) is 35.9 Å². The van der Waals surface area contributed by atoms with Crippen LogP contribution in [0.2, 0.25) is 5.02 Å². The summed E-state index contributed by atoms with van der Waals surface area (Å²) < 4.78 is 12.9. The highest BCUT2D eigenvalue weighted by Crippen LogP contribution is 2.15. The summed E-state index contributed by atoms with van der Waals surface area (Å²) in [6.45, 7) is 0. The Bertz CT molecular complexity index is 250. The summed E-state index contributed by atoms with van der Waals surface area (Å²) in [4.78, 5) is 0. The standard InChI is InChI=1S/C8H8ClFS/c9-7-1-2-8(10)6(5-7)3-4-11/h1-2,5,11H,3-4H2. The van der Waals surface area contributed by atoms with Gasteiger partial charge in [0, 0.05) is 5.02 Å². The van der Waals surface area contributed by atoms with Crippen molar-refractivity contribution in [3.63, 3.8) is 0 Å². The molecule has 0 aliphatic rings. The van der Waals surface area contributed by atoms with Gasteiger partial charge in [-0.1, -0.05) is 11.6 Å². The third kappa shape index (κ3) is 2.38. The van der Waals surface area contributed by atoms with E-state index in [2.05, 4.69) is 12.6 Å². The first-order chi connectivity index (χ1) is 5.24. The number of hydrogen-bond donors (Lipinski definition) is 1. The summed E-state index contributed by atoms with van der Waals surface area (Å²) in [6.07, 6.45) is 0.621. The van der Waals surface area contributed by atoms with E-state index in [9.17, 15) is 4.39 Å². The molecule has 11 heavy (non-hydrogen) atoms. The maximum atomic E-state index is 12.9. The van der Waals surface area contributed by atoms with Gasteiger partial charge in [0.15, 0.2) is 0 Å². The first kappa shape index (κ1) is 8.88. The lowest BCUT2D eigenvalue weighted by atomic mass is 10.1. The quantitative estimate of drug-likeness (QED) is 0.682. The van der Waals surface area contributed by atoms with Gasteiger partial charge in [-0.15, -0.1) is 0 Å². The first-order valence-electron chi connectivity index (χ1n) is 3.29. The largest absolute Gasteiger partial charge is 0.207 e. The minimum Gasteiger partial charge on any atom is -0.207 e. The van der Waals surface area contributed by atoms with E-state index < -0.39 is 0 Å². The number of halogens is 2. The summed E-state index contributed by atoms with van der Waals surface area (Å²) in [6, 6.07) is 4.55. The van der Waals surface area contributed by atoms with Crippen LogP contribution in [0.5, 0.6) is 0 Å². The molecule has 0 unspecified atom stereocenters. The van der Waals surface area contributed by atoms with Crippen molar-refractivity contribution in [3.05, 3.63) is 34.6 Å². The molecular weight excluding hydrogens is 183 g/mol. The van der Waals surface area contributed by atoms with Gasteiger partial charge in [0.1, 0.15) is 5.82 Å². The first-order valence-corrected chi connectivity index (χ1v) is 4.30. The van der Waals surface area contributed by atoms with Gasteiger partial charge in [-0.25, -0.2) is 4.39 Å². The van der Waals surface area contributed by atoms with Crippen LogP contribution >= 0.6 is 24.2 Å². The van der Waals surface area contributed by atoms with Crippen molar-refractivity contribution in [1.29, 1.82) is 0 Å². The second-order valence-electron chi connectivity index (χ2n) is 2.21. The molecule has 0 amide bonds. The lowest BCUT2D eigenvalue weighted by Crippen LogP contribution is -1.90. The topological polar surface area (TPSA) is 0 Å². The smallest absolute Gasteiger partial charge is 0.126 e. The van der Waals surface area contributed by atoms with Crippen LogP contribution in [0.25, 0.3) is 0 Å². The summed E-state index contributed by atoms with van der Waals surface area (Å²) in [5, 5.41) is 0.572. The average molecular weight is 191 g/mol. The highest BCUT2D eigenvalue weighted by molar-refractivity contribution is 7.80. The number of benzene rings is 1. The Morgan fingerprint density at radius 3 is 2.82 bits per heavy atom. The van der Waals surface area contributed by atoms with Crippen molar-refractivity contribution in [1.82, 2.24) is 0 Å². The fourth-order valence-corrected chi connectivity index (χ4v) is 1.29. The van der Waals surface area contributed by atoms with E-state index in [1.54, 1.807) is 12.1 Å². The molecule has 60 valence electrons. The van der Waals surface area contributed by atoms with Gasteiger partial charge < -0.3 is 0 Å². The molecule has 3 heteroatoms. The zero-order valence-corrected chi connectivity index (χ0v) is 7.50. The van der Waals surface area contributed by atoms with E-state index in [0.717, 1.165) is 0 Å². The molecule has 1 rings (SSSR count). The molecule has 0 heterocycles. The van der Waals surface area contributed by atoms with Crippen LogP contribution in [0.3, 0.4) is 0 Å². The molecule has 1 aromatic rings. The highest BCUT2D eigenvalue weighted by Gasteiger charge is 2.00. The number of hydrogen-bond acceptors (Lipinski definition) is 1. The normalized spacial score (nSPS) is 10.1. The van der Waals surface area contributed by atoms with Crippen LogP contribution in [0.1, 0.15) is 5.56 Å². The van der Waals surface area contributed by atoms with Crippen molar-refractivity contribution in [2.75, 3.05) is 5.75 Å². The van der Waals surface area contributed by atoms with Gasteiger partial charge in [-0.2, -0.15) is 12.6 Å². The lowest BCUT2D eigenvalue weighted by Gasteiger charge is -1.99. The summed E-state index contributed by atoms with van der Waals surface area (Å²) >= 11 is 9.66. The molecular formula is C8H8ClFS. The Labute approximate surface area is 75.8 Å². The molecule has 0 nitrogen and oxygen atoms in total. The zero-order valence-electron chi connectivity index (χ0n) is 5.85. The Kier molecular flexibility index (Phi) is 3.21. The Morgan fingerprint density at radius 1 is 1.45 bits per heavy atom. The molecule has 0 aliphatic carbocycles. The zero-order chi connectivity index (χ0) is 8.27. The monoisotopic (exact) mass is 190 g/mol. The second-order valence-corrected chi connectivity index (χ2v) is 3.09. The highest BCUT2D eigenvalue weighted by atomic mass is 35.5. The number of rotatable bonds is 2. The Hall–Kier alpha value is -0.210. The second kappa shape index (κ2) is 3.98. The maximum Gasteiger partial charge on any atom is 0.126 e. The van der Waals surface area contributed by atoms with Gasteiger partial charge in [-0.3, -0.25) is 0 Å². The van der Waals surface area contributed by atoms with Crippen LogP contribution in [-0.4, -0.2) is 5.75 Å². The van der Waals surface area contributed by atoms with Crippen LogP contribution < -0.4 is 0 Å². The van der Waals surface area contributed by atoms with Crippen molar-refractivity contribution in [3.8, 4) is 0 Å². The maximum absolute atomic E-state index is 12.9. The van der Waals surface area contributed by atoms with Crippen LogP contribution in [0.4, 0.5) is 4.39 Å². The van der Waals surface area contributed by atoms with Crippen molar-refractivity contribution in [2.24, 2.45) is 0 Å². The van der Waals surface area contributed by atoms with E-state index in [1.165, 1.54) is 6.07 Å². The molecule has 0 atom stereocenters. The summed E-state index contributed by atoms with van der Waals surface area (Å²) in [5.74, 6) is 0.431. The van der Waals surface area contributed by atoms with Crippen molar-refractivity contribution >= 4 is 24.2 Å². The van der Waals surface area contributed by atoms with Gasteiger partial charge in [0.2, 0.25) is 0 Å². The molecule has 0 fully saturated rings. The lowest BCUT2D eigenvalue weighted by molar-refractivity contribution is 0.613. The Balaban J connectivity index is 2.93. The Morgan fingerprint density at radius 2 is 2.18 bits per heavy atom. The fourth-order valence-electron chi connectivity index (χ4n) is 0.855. The van der Waals surface area contributed by atoms with E-state index in [-0.39, 0.29) is 5.82 Å². The predicted molar refractivity (Wildman–Crippen MR) is 49.0 cm³/mol. The molecule has 0 saturated carbocycles. The molecule has 0 aromatic heterocycles.